The molecule has 0 radical (unpaired) electrons. The number of aliphatic hydroxyl groups excluding tert-OH is 1. The van der Waals surface area contributed by atoms with Gasteiger partial charge in [-0.3, -0.25) is 9.59 Å². The van der Waals surface area contributed by atoms with Gasteiger partial charge in [0.2, 0.25) is 0 Å². The van der Waals surface area contributed by atoms with Gasteiger partial charge in [0.1, 0.15) is 18.1 Å². The van der Waals surface area contributed by atoms with Crippen LogP contribution in [0.2, 0.25) is 0 Å². The summed E-state index contributed by atoms with van der Waals surface area (Å²) in [4.78, 5) is 23.1. The quantitative estimate of drug-likeness (QED) is 0.254. The molecule has 1 aromatic carbocycles. The maximum absolute atomic E-state index is 11.7. The number of thioether (sulfide) groups is 3. The number of benzene rings is 1. The van der Waals surface area contributed by atoms with Crippen LogP contribution in [0.15, 0.2) is 12.1 Å². The minimum atomic E-state index is -0.725. The van der Waals surface area contributed by atoms with Crippen LogP contribution in [-0.2, 0) is 11.2 Å². The second-order valence-electron chi connectivity index (χ2n) is 8.81. The van der Waals surface area contributed by atoms with Crippen LogP contribution in [0.5, 0.6) is 11.5 Å². The number of aliphatic carboxylic acids is 1. The molecule has 1 aromatic rings. The fourth-order valence-electron chi connectivity index (χ4n) is 4.17. The molecule has 0 bridgehead atoms. The number of hydrogen-bond donors (Lipinski definition) is 3. The standard InChI is InChI=1S/C25H38O6S3/c1-5-8-20-21(10-9-19(16(4)26)23(20)30)31-12-17(27)13-32-14-18-15-33-24(34-18)25(6-2,7-3)11-22(28)29/h9-10,17-18,24,27,30H,5-8,11-15H2,1-4H3,(H,28,29). The number of ketones is 1. The summed E-state index contributed by atoms with van der Waals surface area (Å²) in [5.41, 5.74) is 0.723. The number of aromatic hydroxyl groups is 1. The van der Waals surface area contributed by atoms with Crippen molar-refractivity contribution in [2.45, 2.75) is 75.7 Å². The molecule has 3 atom stereocenters. The molecule has 0 aliphatic carbocycles. The molecule has 0 aromatic heterocycles. The van der Waals surface area contributed by atoms with Crippen LogP contribution >= 0.6 is 35.3 Å². The molecular formula is C25H38O6S3. The number of Topliss-reactive ketones (excluding diaryl/α,β-unsaturated/α-hetero) is 1. The van der Waals surface area contributed by atoms with E-state index in [9.17, 15) is 24.9 Å². The Morgan fingerprint density at radius 1 is 1.26 bits per heavy atom. The second-order valence-corrected chi connectivity index (χ2v) is 12.7. The highest BCUT2D eigenvalue weighted by atomic mass is 32.2. The Kier molecular flexibility index (Phi) is 11.9. The summed E-state index contributed by atoms with van der Waals surface area (Å²) in [7, 11) is 0. The van der Waals surface area contributed by atoms with Crippen LogP contribution in [0.25, 0.3) is 0 Å². The number of carbonyl (C=O) groups excluding carboxylic acids is 1. The molecular weight excluding hydrogens is 492 g/mol. The molecule has 1 aliphatic rings. The lowest BCUT2D eigenvalue weighted by molar-refractivity contribution is -0.139. The van der Waals surface area contributed by atoms with Gasteiger partial charge in [-0.25, -0.2) is 0 Å². The first kappa shape index (κ1) is 29.2. The smallest absolute Gasteiger partial charge is 0.303 e. The monoisotopic (exact) mass is 530 g/mol. The van der Waals surface area contributed by atoms with Crippen molar-refractivity contribution in [3.63, 3.8) is 0 Å². The number of carboxylic acids is 1. The molecule has 1 fully saturated rings. The van der Waals surface area contributed by atoms with Crippen molar-refractivity contribution in [1.82, 2.24) is 0 Å². The van der Waals surface area contributed by atoms with Gasteiger partial charge in [0.25, 0.3) is 0 Å². The highest BCUT2D eigenvalue weighted by Crippen LogP contribution is 2.53. The number of carboxylic acid groups (broad SMARTS) is 1. The molecule has 6 nitrogen and oxygen atoms in total. The number of phenolic OH excluding ortho intramolecular Hbond substituents is 1. The normalized spacial score (nSPS) is 19.2. The molecule has 2 rings (SSSR count). The first-order valence-corrected chi connectivity index (χ1v) is 15.0. The summed E-state index contributed by atoms with van der Waals surface area (Å²) in [5.74, 6) is 2.00. The zero-order valence-corrected chi connectivity index (χ0v) is 23.0. The Balaban J connectivity index is 1.84. The lowest BCUT2D eigenvalue weighted by atomic mass is 9.81. The van der Waals surface area contributed by atoms with Crippen molar-refractivity contribution >= 4 is 47.0 Å². The molecule has 192 valence electrons. The third kappa shape index (κ3) is 7.73. The molecule has 1 aliphatic heterocycles. The predicted molar refractivity (Wildman–Crippen MR) is 144 cm³/mol. The van der Waals surface area contributed by atoms with Gasteiger partial charge in [-0.15, -0.1) is 23.5 Å². The number of phenols is 1. The fraction of sp³-hybridized carbons (Fsp3) is 0.680. The molecule has 0 saturated carbocycles. The molecule has 34 heavy (non-hydrogen) atoms. The first-order chi connectivity index (χ1) is 16.2. The van der Waals surface area contributed by atoms with Gasteiger partial charge in [-0.05, 0) is 38.3 Å². The van der Waals surface area contributed by atoms with Crippen molar-refractivity contribution < 1.29 is 29.6 Å². The molecule has 3 unspecified atom stereocenters. The van der Waals surface area contributed by atoms with Crippen LogP contribution in [0.1, 0.15) is 69.3 Å². The van der Waals surface area contributed by atoms with E-state index in [2.05, 4.69) is 13.8 Å². The Morgan fingerprint density at radius 2 is 1.97 bits per heavy atom. The third-order valence-electron chi connectivity index (χ3n) is 6.33. The van der Waals surface area contributed by atoms with Gasteiger partial charge < -0.3 is 20.1 Å². The molecule has 0 amide bonds. The molecule has 1 saturated heterocycles. The lowest BCUT2D eigenvalue weighted by Gasteiger charge is -2.35. The van der Waals surface area contributed by atoms with Gasteiger partial charge in [-0.1, -0.05) is 27.2 Å². The van der Waals surface area contributed by atoms with Crippen LogP contribution in [-0.4, -0.2) is 66.9 Å². The van der Waals surface area contributed by atoms with Gasteiger partial charge in [0, 0.05) is 33.5 Å². The van der Waals surface area contributed by atoms with E-state index in [0.717, 1.165) is 30.8 Å². The lowest BCUT2D eigenvalue weighted by Crippen LogP contribution is -2.31. The minimum Gasteiger partial charge on any atom is -0.507 e. The zero-order valence-electron chi connectivity index (χ0n) is 20.5. The summed E-state index contributed by atoms with van der Waals surface area (Å²) in [5, 5.41) is 30.7. The summed E-state index contributed by atoms with van der Waals surface area (Å²) >= 11 is 5.46. The van der Waals surface area contributed by atoms with E-state index in [-0.39, 0.29) is 35.5 Å². The van der Waals surface area contributed by atoms with E-state index in [4.69, 9.17) is 4.74 Å². The predicted octanol–water partition coefficient (Wildman–Crippen LogP) is 5.48. The van der Waals surface area contributed by atoms with Gasteiger partial charge in [0.05, 0.1) is 22.7 Å². The summed E-state index contributed by atoms with van der Waals surface area (Å²) in [6, 6.07) is 3.26. The van der Waals surface area contributed by atoms with Crippen LogP contribution in [0.3, 0.4) is 0 Å². The summed E-state index contributed by atoms with van der Waals surface area (Å²) in [6.07, 6.45) is 2.67. The largest absolute Gasteiger partial charge is 0.507 e. The Hall–Kier alpha value is -1.03. The van der Waals surface area contributed by atoms with Crippen LogP contribution in [0, 0.1) is 5.41 Å². The van der Waals surface area contributed by atoms with Crippen molar-refractivity contribution in [1.29, 1.82) is 0 Å². The Labute approximate surface area is 216 Å². The topological polar surface area (TPSA) is 104 Å². The molecule has 1 heterocycles. The van der Waals surface area contributed by atoms with Crippen molar-refractivity contribution in [2.24, 2.45) is 5.41 Å². The minimum absolute atomic E-state index is 0.0286. The molecule has 9 heteroatoms. The van der Waals surface area contributed by atoms with E-state index in [1.54, 1.807) is 23.9 Å². The number of hydrogen-bond acceptors (Lipinski definition) is 8. The van der Waals surface area contributed by atoms with E-state index < -0.39 is 12.1 Å². The number of carbonyl (C=O) groups is 2. The maximum Gasteiger partial charge on any atom is 0.303 e. The van der Waals surface area contributed by atoms with Gasteiger partial charge >= 0.3 is 5.97 Å². The summed E-state index contributed by atoms with van der Waals surface area (Å²) < 4.78 is 6.11. The van der Waals surface area contributed by atoms with E-state index in [1.165, 1.54) is 6.92 Å². The fourth-order valence-corrected chi connectivity index (χ4v) is 9.71. The average molecular weight is 531 g/mol. The van der Waals surface area contributed by atoms with Crippen LogP contribution in [0.4, 0.5) is 0 Å². The Morgan fingerprint density at radius 3 is 2.56 bits per heavy atom. The Bertz CT molecular complexity index is 827. The number of rotatable bonds is 15. The van der Waals surface area contributed by atoms with E-state index in [0.29, 0.717) is 33.3 Å². The first-order valence-electron chi connectivity index (χ1n) is 11.9. The van der Waals surface area contributed by atoms with E-state index >= 15 is 0 Å². The highest BCUT2D eigenvalue weighted by molar-refractivity contribution is 8.21. The van der Waals surface area contributed by atoms with Crippen molar-refractivity contribution in [3.05, 3.63) is 23.3 Å². The SMILES string of the molecule is CCCc1c(OCC(O)CSCC2CSC(C(CC)(CC)CC(=O)O)S2)ccc(C(C)=O)c1O. The maximum atomic E-state index is 11.7. The zero-order chi connectivity index (χ0) is 25.3. The average Bonchev–Trinajstić information content (AvgIpc) is 3.27. The molecule has 0 spiro atoms. The van der Waals surface area contributed by atoms with Crippen LogP contribution < -0.4 is 4.74 Å². The highest BCUT2D eigenvalue weighted by Gasteiger charge is 2.43. The van der Waals surface area contributed by atoms with Crippen molar-refractivity contribution in [3.8, 4) is 11.5 Å². The second kappa shape index (κ2) is 13.9. The summed E-state index contributed by atoms with van der Waals surface area (Å²) in [6.45, 7) is 7.71. The number of aliphatic hydroxyl groups is 1. The van der Waals surface area contributed by atoms with Crippen molar-refractivity contribution in [2.75, 3.05) is 23.9 Å². The molecule has 3 N–H and O–H groups in total. The van der Waals surface area contributed by atoms with Gasteiger partial charge in [-0.2, -0.15) is 11.8 Å². The van der Waals surface area contributed by atoms with Gasteiger partial charge in [0.15, 0.2) is 5.78 Å². The third-order valence-corrected chi connectivity index (χ3v) is 11.6. The van der Waals surface area contributed by atoms with E-state index in [1.807, 2.05) is 30.4 Å². The number of ether oxygens (including phenoxy) is 1.